The van der Waals surface area contributed by atoms with E-state index in [2.05, 4.69) is 57.9 Å². The number of hydrogen-bond acceptors (Lipinski definition) is 3. The molecule has 2 aromatic heterocycles. The molecule has 1 atom stereocenters. The molecule has 0 radical (unpaired) electrons. The first-order valence-electron chi connectivity index (χ1n) is 10.3. The Morgan fingerprint density at radius 1 is 1.13 bits per heavy atom. The molecule has 4 rings (SSSR count). The van der Waals surface area contributed by atoms with Gasteiger partial charge in [-0.15, -0.1) is 24.0 Å². The Labute approximate surface area is 195 Å². The summed E-state index contributed by atoms with van der Waals surface area (Å²) in [5, 5.41) is 7.02. The largest absolute Gasteiger partial charge is 0.357 e. The number of aliphatic imine (C=N–C) groups is 1. The molecule has 0 amide bonds. The molecule has 1 aromatic carbocycles. The van der Waals surface area contributed by atoms with E-state index in [1.807, 2.05) is 30.0 Å². The minimum Gasteiger partial charge on any atom is -0.357 e. The summed E-state index contributed by atoms with van der Waals surface area (Å²) in [7, 11) is 0. The van der Waals surface area contributed by atoms with Gasteiger partial charge < -0.3 is 10.6 Å². The van der Waals surface area contributed by atoms with E-state index in [0.717, 1.165) is 49.0 Å². The Kier molecular flexibility index (Phi) is 7.84. The van der Waals surface area contributed by atoms with Gasteiger partial charge in [0.25, 0.3) is 0 Å². The Morgan fingerprint density at radius 3 is 2.73 bits per heavy atom. The van der Waals surface area contributed by atoms with Crippen LogP contribution in [0, 0.1) is 6.92 Å². The predicted molar refractivity (Wildman–Crippen MR) is 132 cm³/mol. The molecule has 1 unspecified atom stereocenters. The van der Waals surface area contributed by atoms with Gasteiger partial charge in [-0.05, 0) is 50.3 Å². The standard InChI is InChI=1S/C23H28N6.HI/c1-3-24-23(28-21-11-10-18-7-4-5-8-19(18)15-21)27-16-20-9-6-12-26-22(20)29-14-13-25-17(29)2;/h4-9,12-14,21H,3,10-11,15-16H2,1-2H3,(H2,24,27,28);1H. The molecule has 2 heterocycles. The van der Waals surface area contributed by atoms with Gasteiger partial charge in [-0.1, -0.05) is 30.3 Å². The van der Waals surface area contributed by atoms with E-state index < -0.39 is 0 Å². The first-order valence-corrected chi connectivity index (χ1v) is 10.3. The van der Waals surface area contributed by atoms with Crippen LogP contribution in [0.5, 0.6) is 0 Å². The van der Waals surface area contributed by atoms with E-state index in [9.17, 15) is 0 Å². The molecule has 6 nitrogen and oxygen atoms in total. The number of pyridine rings is 1. The van der Waals surface area contributed by atoms with Gasteiger partial charge in [-0.2, -0.15) is 0 Å². The molecule has 0 spiro atoms. The van der Waals surface area contributed by atoms with Gasteiger partial charge >= 0.3 is 0 Å². The third kappa shape index (κ3) is 5.19. The second-order valence-electron chi connectivity index (χ2n) is 7.38. The lowest BCUT2D eigenvalue weighted by Crippen LogP contribution is -2.45. The van der Waals surface area contributed by atoms with Crippen molar-refractivity contribution >= 4 is 29.9 Å². The third-order valence-electron chi connectivity index (χ3n) is 5.36. The van der Waals surface area contributed by atoms with E-state index in [-0.39, 0.29) is 24.0 Å². The number of hydrogen-bond donors (Lipinski definition) is 2. The molecule has 30 heavy (non-hydrogen) atoms. The highest BCUT2D eigenvalue weighted by Crippen LogP contribution is 2.21. The van der Waals surface area contributed by atoms with Crippen molar-refractivity contribution in [1.82, 2.24) is 25.2 Å². The maximum absolute atomic E-state index is 4.85. The summed E-state index contributed by atoms with van der Waals surface area (Å²) in [6.45, 7) is 5.46. The zero-order chi connectivity index (χ0) is 20.1. The zero-order valence-electron chi connectivity index (χ0n) is 17.5. The van der Waals surface area contributed by atoms with E-state index in [4.69, 9.17) is 4.99 Å². The summed E-state index contributed by atoms with van der Waals surface area (Å²) >= 11 is 0. The molecule has 3 aromatic rings. The van der Waals surface area contributed by atoms with E-state index in [1.165, 1.54) is 11.1 Å². The van der Waals surface area contributed by atoms with Crippen molar-refractivity contribution in [2.75, 3.05) is 6.54 Å². The molecule has 1 aliphatic carbocycles. The summed E-state index contributed by atoms with van der Waals surface area (Å²) in [5.74, 6) is 2.66. The number of aryl methyl sites for hydroxylation is 2. The average molecular weight is 516 g/mol. The van der Waals surface area contributed by atoms with Gasteiger partial charge in [0, 0.05) is 36.7 Å². The molecule has 0 fully saturated rings. The van der Waals surface area contributed by atoms with Crippen molar-refractivity contribution in [3.8, 4) is 5.82 Å². The molecule has 2 N–H and O–H groups in total. The molecule has 7 heteroatoms. The van der Waals surface area contributed by atoms with Gasteiger partial charge in [0.15, 0.2) is 5.96 Å². The molecular weight excluding hydrogens is 487 g/mol. The number of imidazole rings is 1. The normalized spacial score (nSPS) is 15.8. The SMILES string of the molecule is CCNC(=NCc1cccnc1-n1ccnc1C)NC1CCc2ccccc2C1.I. The Morgan fingerprint density at radius 2 is 1.97 bits per heavy atom. The maximum Gasteiger partial charge on any atom is 0.191 e. The topological polar surface area (TPSA) is 67.1 Å². The summed E-state index contributed by atoms with van der Waals surface area (Å²) in [5.41, 5.74) is 3.99. The van der Waals surface area contributed by atoms with Crippen LogP contribution in [0.15, 0.2) is 60.0 Å². The van der Waals surface area contributed by atoms with Crippen LogP contribution >= 0.6 is 24.0 Å². The van der Waals surface area contributed by atoms with Crippen LogP contribution in [0.1, 0.15) is 35.9 Å². The number of guanidine groups is 1. The minimum absolute atomic E-state index is 0. The lowest BCUT2D eigenvalue weighted by Gasteiger charge is -2.27. The lowest BCUT2D eigenvalue weighted by molar-refractivity contribution is 0.520. The first-order chi connectivity index (χ1) is 14.2. The van der Waals surface area contributed by atoms with E-state index in [1.54, 1.807) is 6.20 Å². The highest BCUT2D eigenvalue weighted by molar-refractivity contribution is 14.0. The monoisotopic (exact) mass is 516 g/mol. The summed E-state index contributed by atoms with van der Waals surface area (Å²) in [6.07, 6.45) is 8.81. The van der Waals surface area contributed by atoms with Crippen LogP contribution in [0.3, 0.4) is 0 Å². The molecule has 0 aliphatic heterocycles. The number of benzene rings is 1. The zero-order valence-corrected chi connectivity index (χ0v) is 19.8. The fraction of sp³-hybridized carbons (Fsp3) is 0.348. The molecule has 0 saturated heterocycles. The van der Waals surface area contributed by atoms with Gasteiger partial charge in [0.1, 0.15) is 11.6 Å². The lowest BCUT2D eigenvalue weighted by atomic mass is 9.88. The molecular formula is C23H29IN6. The summed E-state index contributed by atoms with van der Waals surface area (Å²) < 4.78 is 2.00. The van der Waals surface area contributed by atoms with Crippen LogP contribution in [0.4, 0.5) is 0 Å². The fourth-order valence-corrected chi connectivity index (χ4v) is 3.87. The first kappa shape index (κ1) is 22.3. The smallest absolute Gasteiger partial charge is 0.191 e. The van der Waals surface area contributed by atoms with Crippen LogP contribution in [0.2, 0.25) is 0 Å². The van der Waals surface area contributed by atoms with Gasteiger partial charge in [-0.25, -0.2) is 15.0 Å². The van der Waals surface area contributed by atoms with Crippen LogP contribution in [-0.2, 0) is 19.4 Å². The summed E-state index contributed by atoms with van der Waals surface area (Å²) in [6, 6.07) is 13.2. The Balaban J connectivity index is 0.00000256. The van der Waals surface area contributed by atoms with Crippen molar-refractivity contribution in [2.45, 2.75) is 45.7 Å². The Hall–Kier alpha value is -2.42. The number of fused-ring (bicyclic) bond motifs is 1. The van der Waals surface area contributed by atoms with Crippen LogP contribution in [-0.4, -0.2) is 33.1 Å². The van der Waals surface area contributed by atoms with Crippen molar-refractivity contribution < 1.29 is 0 Å². The predicted octanol–water partition coefficient (Wildman–Crippen LogP) is 3.81. The number of nitrogens with zero attached hydrogens (tertiary/aromatic N) is 4. The molecule has 158 valence electrons. The van der Waals surface area contributed by atoms with Crippen molar-refractivity contribution in [3.05, 3.63) is 77.5 Å². The van der Waals surface area contributed by atoms with Crippen molar-refractivity contribution in [2.24, 2.45) is 4.99 Å². The van der Waals surface area contributed by atoms with E-state index in [0.29, 0.717) is 12.6 Å². The van der Waals surface area contributed by atoms with Gasteiger partial charge in [-0.3, -0.25) is 4.57 Å². The number of rotatable bonds is 5. The average Bonchev–Trinajstić information content (AvgIpc) is 3.18. The number of halogens is 1. The highest BCUT2D eigenvalue weighted by Gasteiger charge is 2.19. The second-order valence-corrected chi connectivity index (χ2v) is 7.38. The second kappa shape index (κ2) is 10.6. The molecule has 0 saturated carbocycles. The fourth-order valence-electron chi connectivity index (χ4n) is 3.87. The number of aromatic nitrogens is 3. The maximum atomic E-state index is 4.85. The third-order valence-corrected chi connectivity index (χ3v) is 5.36. The van der Waals surface area contributed by atoms with Crippen LogP contribution < -0.4 is 10.6 Å². The van der Waals surface area contributed by atoms with Crippen LogP contribution in [0.25, 0.3) is 5.82 Å². The minimum atomic E-state index is 0. The highest BCUT2D eigenvalue weighted by atomic mass is 127. The van der Waals surface area contributed by atoms with Crippen molar-refractivity contribution in [3.63, 3.8) is 0 Å². The molecule has 1 aliphatic rings. The van der Waals surface area contributed by atoms with E-state index >= 15 is 0 Å². The van der Waals surface area contributed by atoms with Crippen molar-refractivity contribution in [1.29, 1.82) is 0 Å². The van der Waals surface area contributed by atoms with Gasteiger partial charge in [0.2, 0.25) is 0 Å². The molecule has 0 bridgehead atoms. The quantitative estimate of drug-likeness (QED) is 0.308. The Bertz CT molecular complexity index is 997. The number of nitrogens with one attached hydrogen (secondary N) is 2. The summed E-state index contributed by atoms with van der Waals surface area (Å²) in [4.78, 5) is 13.7. The van der Waals surface area contributed by atoms with Gasteiger partial charge in [0.05, 0.1) is 6.54 Å².